The molecule has 1 amide bonds. The first-order valence-corrected chi connectivity index (χ1v) is 7.42. The van der Waals surface area contributed by atoms with Gasteiger partial charge in [0.05, 0.1) is 0 Å². The summed E-state index contributed by atoms with van der Waals surface area (Å²) < 4.78 is 10.8. The third-order valence-corrected chi connectivity index (χ3v) is 3.34. The van der Waals surface area contributed by atoms with Gasteiger partial charge in [-0.15, -0.1) is 0 Å². The number of nitrogens with one attached hydrogen (secondary N) is 1. The van der Waals surface area contributed by atoms with Crippen LogP contribution in [0.5, 0.6) is 5.75 Å². The van der Waals surface area contributed by atoms with E-state index in [1.807, 2.05) is 60.7 Å². The maximum atomic E-state index is 11.6. The van der Waals surface area contributed by atoms with E-state index in [0.717, 1.165) is 16.5 Å². The van der Waals surface area contributed by atoms with Crippen LogP contribution >= 0.6 is 0 Å². The van der Waals surface area contributed by atoms with Crippen molar-refractivity contribution in [2.24, 2.45) is 0 Å². The number of para-hydroxylation sites is 1. The van der Waals surface area contributed by atoms with Crippen molar-refractivity contribution < 1.29 is 14.3 Å². The zero-order chi connectivity index (χ0) is 15.9. The lowest BCUT2D eigenvalue weighted by Crippen LogP contribution is -2.17. The Morgan fingerprint density at radius 3 is 2.43 bits per heavy atom. The summed E-state index contributed by atoms with van der Waals surface area (Å²) in [5.41, 5.74) is 0.701. The lowest BCUT2D eigenvalue weighted by Gasteiger charge is -2.10. The normalized spacial score (nSPS) is 10.3. The lowest BCUT2D eigenvalue weighted by molar-refractivity contribution is 0.138. The van der Waals surface area contributed by atoms with Crippen LogP contribution in [0.1, 0.15) is 0 Å². The predicted molar refractivity (Wildman–Crippen MR) is 90.9 cm³/mol. The third-order valence-electron chi connectivity index (χ3n) is 3.34. The van der Waals surface area contributed by atoms with Crippen molar-refractivity contribution in [1.29, 1.82) is 0 Å². The molecule has 0 heterocycles. The Balaban J connectivity index is 1.49. The highest BCUT2D eigenvalue weighted by Crippen LogP contribution is 2.24. The second kappa shape index (κ2) is 7.31. The van der Waals surface area contributed by atoms with Crippen molar-refractivity contribution in [2.75, 3.05) is 18.5 Å². The minimum Gasteiger partial charge on any atom is -0.489 e. The molecule has 3 aromatic carbocycles. The number of amides is 1. The number of benzene rings is 3. The summed E-state index contributed by atoms with van der Waals surface area (Å²) in [4.78, 5) is 11.6. The van der Waals surface area contributed by atoms with Gasteiger partial charge in [0, 0.05) is 11.1 Å². The summed E-state index contributed by atoms with van der Waals surface area (Å²) >= 11 is 0. The molecule has 0 spiro atoms. The van der Waals surface area contributed by atoms with Gasteiger partial charge in [-0.25, -0.2) is 4.79 Å². The van der Waals surface area contributed by atoms with Crippen LogP contribution in [0.4, 0.5) is 10.5 Å². The van der Waals surface area contributed by atoms with Crippen LogP contribution in [-0.2, 0) is 4.74 Å². The third kappa shape index (κ3) is 4.01. The molecule has 0 fully saturated rings. The molecule has 1 N–H and O–H groups in total. The predicted octanol–water partition coefficient (Wildman–Crippen LogP) is 4.47. The van der Waals surface area contributed by atoms with E-state index in [-0.39, 0.29) is 6.61 Å². The molecule has 116 valence electrons. The maximum Gasteiger partial charge on any atom is 0.411 e. The molecule has 4 nitrogen and oxygen atoms in total. The Morgan fingerprint density at radius 2 is 1.57 bits per heavy atom. The van der Waals surface area contributed by atoms with Gasteiger partial charge in [0.2, 0.25) is 0 Å². The molecule has 0 saturated carbocycles. The van der Waals surface area contributed by atoms with E-state index in [9.17, 15) is 4.79 Å². The second-order valence-electron chi connectivity index (χ2n) is 4.95. The van der Waals surface area contributed by atoms with Gasteiger partial charge in [0.1, 0.15) is 19.0 Å². The van der Waals surface area contributed by atoms with Crippen molar-refractivity contribution >= 4 is 22.6 Å². The van der Waals surface area contributed by atoms with Gasteiger partial charge in [0.25, 0.3) is 0 Å². The molecular formula is C19H17NO3. The fraction of sp³-hybridized carbons (Fsp3) is 0.105. The number of rotatable bonds is 5. The maximum absolute atomic E-state index is 11.6. The van der Waals surface area contributed by atoms with Crippen LogP contribution in [-0.4, -0.2) is 19.3 Å². The molecule has 0 aliphatic heterocycles. The number of anilines is 1. The summed E-state index contributed by atoms with van der Waals surface area (Å²) in [6, 6.07) is 23.1. The molecule has 0 atom stereocenters. The summed E-state index contributed by atoms with van der Waals surface area (Å²) in [5, 5.41) is 4.82. The summed E-state index contributed by atoms with van der Waals surface area (Å²) in [6.45, 7) is 0.484. The molecular weight excluding hydrogens is 290 g/mol. The molecule has 23 heavy (non-hydrogen) atoms. The first kappa shape index (κ1) is 14.9. The number of carbonyl (C=O) groups is 1. The Kier molecular flexibility index (Phi) is 4.74. The number of hydrogen-bond acceptors (Lipinski definition) is 3. The fourth-order valence-electron chi connectivity index (χ4n) is 2.28. The molecule has 0 aliphatic carbocycles. The first-order chi connectivity index (χ1) is 11.3. The Hall–Kier alpha value is -3.01. The van der Waals surface area contributed by atoms with Crippen molar-refractivity contribution in [3.63, 3.8) is 0 Å². The molecule has 4 heteroatoms. The SMILES string of the molecule is O=C(Nc1ccccc1)OCCOc1cccc2ccccc12. The van der Waals surface area contributed by atoms with Crippen LogP contribution in [0.25, 0.3) is 10.8 Å². The number of ether oxygens (including phenoxy) is 2. The fourth-order valence-corrected chi connectivity index (χ4v) is 2.28. The Bertz CT molecular complexity index is 781. The smallest absolute Gasteiger partial charge is 0.411 e. The van der Waals surface area contributed by atoms with Gasteiger partial charge in [-0.2, -0.15) is 0 Å². The Labute approximate surface area is 134 Å². The van der Waals surface area contributed by atoms with E-state index in [4.69, 9.17) is 9.47 Å². The zero-order valence-corrected chi connectivity index (χ0v) is 12.6. The second-order valence-corrected chi connectivity index (χ2v) is 4.95. The van der Waals surface area contributed by atoms with E-state index in [1.165, 1.54) is 0 Å². The van der Waals surface area contributed by atoms with Gasteiger partial charge in [-0.1, -0.05) is 54.6 Å². The van der Waals surface area contributed by atoms with Gasteiger partial charge < -0.3 is 9.47 Å². The average Bonchev–Trinajstić information content (AvgIpc) is 2.60. The van der Waals surface area contributed by atoms with Crippen molar-refractivity contribution in [1.82, 2.24) is 0 Å². The van der Waals surface area contributed by atoms with E-state index in [2.05, 4.69) is 5.32 Å². The minimum atomic E-state index is -0.488. The number of carbonyl (C=O) groups excluding carboxylic acids is 1. The van der Waals surface area contributed by atoms with Gasteiger partial charge >= 0.3 is 6.09 Å². The van der Waals surface area contributed by atoms with E-state index in [0.29, 0.717) is 12.3 Å². The topological polar surface area (TPSA) is 47.6 Å². The van der Waals surface area contributed by atoms with Crippen LogP contribution in [0.15, 0.2) is 72.8 Å². The van der Waals surface area contributed by atoms with Gasteiger partial charge in [-0.3, -0.25) is 5.32 Å². The molecule has 0 bridgehead atoms. The van der Waals surface area contributed by atoms with E-state index < -0.39 is 6.09 Å². The first-order valence-electron chi connectivity index (χ1n) is 7.42. The lowest BCUT2D eigenvalue weighted by atomic mass is 10.1. The van der Waals surface area contributed by atoms with Crippen LogP contribution in [0.3, 0.4) is 0 Å². The minimum absolute atomic E-state index is 0.182. The molecule has 3 rings (SSSR count). The summed E-state index contributed by atoms with van der Waals surface area (Å²) in [6.07, 6.45) is -0.488. The molecule has 0 saturated heterocycles. The van der Waals surface area contributed by atoms with Crippen LogP contribution in [0.2, 0.25) is 0 Å². The number of hydrogen-bond donors (Lipinski definition) is 1. The van der Waals surface area contributed by atoms with E-state index in [1.54, 1.807) is 12.1 Å². The Morgan fingerprint density at radius 1 is 0.826 bits per heavy atom. The molecule has 0 unspecified atom stereocenters. The summed E-state index contributed by atoms with van der Waals surface area (Å²) in [7, 11) is 0. The van der Waals surface area contributed by atoms with Gasteiger partial charge in [-0.05, 0) is 23.6 Å². The monoisotopic (exact) mass is 307 g/mol. The zero-order valence-electron chi connectivity index (χ0n) is 12.6. The largest absolute Gasteiger partial charge is 0.489 e. The van der Waals surface area contributed by atoms with Crippen molar-refractivity contribution in [2.45, 2.75) is 0 Å². The standard InChI is InChI=1S/C19H17NO3/c21-19(20-16-9-2-1-3-10-16)23-14-13-22-18-12-6-8-15-7-4-5-11-17(15)18/h1-12H,13-14H2,(H,20,21). The van der Waals surface area contributed by atoms with Crippen LogP contribution in [0, 0.1) is 0 Å². The molecule has 0 aromatic heterocycles. The highest BCUT2D eigenvalue weighted by molar-refractivity contribution is 5.88. The van der Waals surface area contributed by atoms with Gasteiger partial charge in [0.15, 0.2) is 0 Å². The highest BCUT2D eigenvalue weighted by Gasteiger charge is 2.04. The number of fused-ring (bicyclic) bond motifs is 1. The van der Waals surface area contributed by atoms with Crippen molar-refractivity contribution in [3.8, 4) is 5.75 Å². The molecule has 0 radical (unpaired) electrons. The average molecular weight is 307 g/mol. The highest BCUT2D eigenvalue weighted by atomic mass is 16.6. The summed E-state index contributed by atoms with van der Waals surface area (Å²) in [5.74, 6) is 0.787. The molecule has 0 aliphatic rings. The quantitative estimate of drug-likeness (QED) is 0.708. The van der Waals surface area contributed by atoms with Crippen LogP contribution < -0.4 is 10.1 Å². The molecule has 3 aromatic rings. The van der Waals surface area contributed by atoms with Crippen molar-refractivity contribution in [3.05, 3.63) is 72.8 Å². The van der Waals surface area contributed by atoms with E-state index >= 15 is 0 Å².